The second-order valence-electron chi connectivity index (χ2n) is 5.33. The minimum Gasteiger partial charge on any atom is -0.458 e. The van der Waals surface area contributed by atoms with Gasteiger partial charge in [0.25, 0.3) is 0 Å². The summed E-state index contributed by atoms with van der Waals surface area (Å²) in [5, 5.41) is 3.21. The standard InChI is InChI=1S/C11H21NO3/c1-8-6-14-11(5,7-12-8)9(13)15-10(2,3)4/h8,12H,6-7H2,1-5H3/t8-,11-/m0/s1. The molecular weight excluding hydrogens is 194 g/mol. The molecule has 0 unspecified atom stereocenters. The lowest BCUT2D eigenvalue weighted by molar-refractivity contribution is -0.186. The minimum absolute atomic E-state index is 0.292. The average Bonchev–Trinajstić information content (AvgIpc) is 2.07. The summed E-state index contributed by atoms with van der Waals surface area (Å²) in [6.45, 7) is 10.4. The molecular formula is C11H21NO3. The fourth-order valence-corrected chi connectivity index (χ4v) is 1.31. The Bertz CT molecular complexity index is 237. The highest BCUT2D eigenvalue weighted by Gasteiger charge is 2.40. The van der Waals surface area contributed by atoms with E-state index in [-0.39, 0.29) is 5.97 Å². The summed E-state index contributed by atoms with van der Waals surface area (Å²) in [7, 11) is 0. The fourth-order valence-electron chi connectivity index (χ4n) is 1.31. The summed E-state index contributed by atoms with van der Waals surface area (Å²) in [5.41, 5.74) is -1.31. The van der Waals surface area contributed by atoms with Crippen molar-refractivity contribution in [3.63, 3.8) is 0 Å². The van der Waals surface area contributed by atoms with Gasteiger partial charge < -0.3 is 14.8 Å². The number of hydrogen-bond acceptors (Lipinski definition) is 4. The summed E-state index contributed by atoms with van der Waals surface area (Å²) < 4.78 is 10.9. The Morgan fingerprint density at radius 3 is 2.53 bits per heavy atom. The Morgan fingerprint density at radius 1 is 1.53 bits per heavy atom. The van der Waals surface area contributed by atoms with Crippen molar-refractivity contribution >= 4 is 5.97 Å². The number of hydrogen-bond donors (Lipinski definition) is 1. The molecule has 4 heteroatoms. The highest BCUT2D eigenvalue weighted by molar-refractivity contribution is 5.80. The van der Waals surface area contributed by atoms with Crippen LogP contribution in [-0.2, 0) is 14.3 Å². The fraction of sp³-hybridized carbons (Fsp3) is 0.909. The van der Waals surface area contributed by atoms with Gasteiger partial charge in [-0.15, -0.1) is 0 Å². The monoisotopic (exact) mass is 215 g/mol. The van der Waals surface area contributed by atoms with Gasteiger partial charge >= 0.3 is 5.97 Å². The zero-order valence-electron chi connectivity index (χ0n) is 10.2. The molecule has 1 rings (SSSR count). The highest BCUT2D eigenvalue weighted by atomic mass is 16.6. The summed E-state index contributed by atoms with van der Waals surface area (Å²) in [6, 6.07) is 0.292. The smallest absolute Gasteiger partial charge is 0.339 e. The summed E-state index contributed by atoms with van der Waals surface area (Å²) in [4.78, 5) is 11.9. The zero-order valence-corrected chi connectivity index (χ0v) is 10.2. The number of rotatable bonds is 1. The lowest BCUT2D eigenvalue weighted by atomic mass is 10.0. The van der Waals surface area contributed by atoms with Crippen LogP contribution in [0.4, 0.5) is 0 Å². The molecule has 0 spiro atoms. The Labute approximate surface area is 91.3 Å². The Hall–Kier alpha value is -0.610. The van der Waals surface area contributed by atoms with Crippen LogP contribution in [0.25, 0.3) is 0 Å². The van der Waals surface area contributed by atoms with Crippen molar-refractivity contribution in [3.8, 4) is 0 Å². The Morgan fingerprint density at radius 2 is 2.13 bits per heavy atom. The SMILES string of the molecule is C[C@H]1CO[C@](C)(C(=O)OC(C)(C)C)CN1. The maximum atomic E-state index is 11.9. The van der Waals surface area contributed by atoms with E-state index < -0.39 is 11.2 Å². The molecule has 0 aromatic heterocycles. The quantitative estimate of drug-likeness (QED) is 0.665. The van der Waals surface area contributed by atoms with E-state index >= 15 is 0 Å². The van der Waals surface area contributed by atoms with E-state index in [4.69, 9.17) is 9.47 Å². The van der Waals surface area contributed by atoms with Crippen molar-refractivity contribution in [1.82, 2.24) is 5.32 Å². The predicted molar refractivity (Wildman–Crippen MR) is 57.7 cm³/mol. The number of carbonyl (C=O) groups is 1. The molecule has 0 aliphatic carbocycles. The summed E-state index contributed by atoms with van der Waals surface area (Å²) in [5.74, 6) is -0.297. The van der Waals surface area contributed by atoms with Crippen LogP contribution in [0.5, 0.6) is 0 Å². The molecule has 0 aromatic rings. The van der Waals surface area contributed by atoms with E-state index in [2.05, 4.69) is 5.32 Å². The molecule has 1 aliphatic rings. The van der Waals surface area contributed by atoms with Crippen LogP contribution in [0, 0.1) is 0 Å². The van der Waals surface area contributed by atoms with Crippen molar-refractivity contribution in [1.29, 1.82) is 0 Å². The molecule has 1 saturated heterocycles. The first-order valence-electron chi connectivity index (χ1n) is 5.34. The molecule has 1 fully saturated rings. The van der Waals surface area contributed by atoms with E-state index in [1.807, 2.05) is 27.7 Å². The lowest BCUT2D eigenvalue weighted by Gasteiger charge is -2.37. The molecule has 4 nitrogen and oxygen atoms in total. The average molecular weight is 215 g/mol. The molecule has 0 amide bonds. The van der Waals surface area contributed by atoms with Crippen molar-refractivity contribution in [2.24, 2.45) is 0 Å². The maximum Gasteiger partial charge on any atom is 0.339 e. The van der Waals surface area contributed by atoms with E-state index in [0.29, 0.717) is 19.2 Å². The zero-order chi connectivity index (χ0) is 11.7. The van der Waals surface area contributed by atoms with Gasteiger partial charge in [0, 0.05) is 12.6 Å². The number of morpholine rings is 1. The molecule has 0 saturated carbocycles. The van der Waals surface area contributed by atoms with E-state index in [0.717, 1.165) is 0 Å². The van der Waals surface area contributed by atoms with E-state index in [1.165, 1.54) is 0 Å². The normalized spacial score (nSPS) is 32.5. The molecule has 1 heterocycles. The van der Waals surface area contributed by atoms with Gasteiger partial charge in [0.2, 0.25) is 0 Å². The van der Waals surface area contributed by atoms with Crippen molar-refractivity contribution < 1.29 is 14.3 Å². The molecule has 0 aromatic carbocycles. The lowest BCUT2D eigenvalue weighted by Crippen LogP contribution is -2.57. The topological polar surface area (TPSA) is 47.6 Å². The van der Waals surface area contributed by atoms with Crippen LogP contribution in [-0.4, -0.2) is 36.4 Å². The molecule has 1 aliphatic heterocycles. The summed E-state index contributed by atoms with van der Waals surface area (Å²) in [6.07, 6.45) is 0. The molecule has 1 N–H and O–H groups in total. The van der Waals surface area contributed by atoms with Crippen molar-refractivity contribution in [2.45, 2.75) is 51.9 Å². The third-order valence-electron chi connectivity index (χ3n) is 2.27. The third-order valence-corrected chi connectivity index (χ3v) is 2.27. The minimum atomic E-state index is -0.847. The number of ether oxygens (including phenoxy) is 2. The third kappa shape index (κ3) is 3.47. The van der Waals surface area contributed by atoms with Crippen LogP contribution in [0.2, 0.25) is 0 Å². The van der Waals surface area contributed by atoms with Crippen molar-refractivity contribution in [3.05, 3.63) is 0 Å². The molecule has 0 radical (unpaired) electrons. The van der Waals surface area contributed by atoms with Gasteiger partial charge in [0.15, 0.2) is 5.60 Å². The van der Waals surface area contributed by atoms with Gasteiger partial charge in [-0.1, -0.05) is 0 Å². The largest absolute Gasteiger partial charge is 0.458 e. The number of carbonyl (C=O) groups excluding carboxylic acids is 1. The van der Waals surface area contributed by atoms with Crippen LogP contribution in [0.15, 0.2) is 0 Å². The van der Waals surface area contributed by atoms with Crippen LogP contribution >= 0.6 is 0 Å². The van der Waals surface area contributed by atoms with Gasteiger partial charge in [-0.3, -0.25) is 0 Å². The predicted octanol–water partition coefficient (Wildman–Crippen LogP) is 1.10. The number of nitrogens with one attached hydrogen (secondary N) is 1. The van der Waals surface area contributed by atoms with E-state index in [9.17, 15) is 4.79 Å². The van der Waals surface area contributed by atoms with Crippen LogP contribution < -0.4 is 5.32 Å². The van der Waals surface area contributed by atoms with Gasteiger partial charge in [0.1, 0.15) is 5.60 Å². The van der Waals surface area contributed by atoms with Gasteiger partial charge in [-0.25, -0.2) is 4.79 Å². The molecule has 15 heavy (non-hydrogen) atoms. The molecule has 0 bridgehead atoms. The van der Waals surface area contributed by atoms with Gasteiger partial charge in [-0.05, 0) is 34.6 Å². The second kappa shape index (κ2) is 4.10. The second-order valence-corrected chi connectivity index (χ2v) is 5.33. The van der Waals surface area contributed by atoms with Crippen LogP contribution in [0.1, 0.15) is 34.6 Å². The van der Waals surface area contributed by atoms with Gasteiger partial charge in [0.05, 0.1) is 6.61 Å². The highest BCUT2D eigenvalue weighted by Crippen LogP contribution is 2.20. The summed E-state index contributed by atoms with van der Waals surface area (Å²) >= 11 is 0. The first kappa shape index (κ1) is 12.5. The van der Waals surface area contributed by atoms with Crippen molar-refractivity contribution in [2.75, 3.05) is 13.2 Å². The first-order chi connectivity index (χ1) is 6.73. The first-order valence-corrected chi connectivity index (χ1v) is 5.34. The Balaban J connectivity index is 2.58. The maximum absolute atomic E-state index is 11.9. The van der Waals surface area contributed by atoms with Crippen LogP contribution in [0.3, 0.4) is 0 Å². The molecule has 88 valence electrons. The molecule has 2 atom stereocenters. The van der Waals surface area contributed by atoms with Gasteiger partial charge in [-0.2, -0.15) is 0 Å². The Kier molecular flexibility index (Phi) is 3.41. The van der Waals surface area contributed by atoms with E-state index in [1.54, 1.807) is 6.92 Å². The number of esters is 1.